The van der Waals surface area contributed by atoms with Crippen molar-refractivity contribution in [1.82, 2.24) is 14.8 Å². The molecule has 2 fully saturated rings. The van der Waals surface area contributed by atoms with Gasteiger partial charge in [0.25, 0.3) is 0 Å². The molecular weight excluding hydrogens is 254 g/mol. The van der Waals surface area contributed by atoms with Gasteiger partial charge >= 0.3 is 0 Å². The number of hydrogen-bond donors (Lipinski definition) is 1. The monoisotopic (exact) mass is 277 g/mol. The van der Waals surface area contributed by atoms with Gasteiger partial charge in [0, 0.05) is 45.5 Å². The Labute approximate surface area is 120 Å². The lowest BCUT2D eigenvalue weighted by molar-refractivity contribution is -0.150. The first-order chi connectivity index (χ1) is 9.80. The summed E-state index contributed by atoms with van der Waals surface area (Å²) >= 11 is 0. The van der Waals surface area contributed by atoms with Crippen LogP contribution >= 0.6 is 0 Å². The lowest BCUT2D eigenvalue weighted by Crippen LogP contribution is -2.56. The summed E-state index contributed by atoms with van der Waals surface area (Å²) in [6, 6.07) is 6.08. The molecule has 110 valence electrons. The van der Waals surface area contributed by atoms with E-state index in [0.717, 1.165) is 45.0 Å². The topological polar surface area (TPSA) is 48.8 Å². The molecule has 2 saturated heterocycles. The molecule has 0 bridgehead atoms. The van der Waals surface area contributed by atoms with E-state index in [1.54, 1.807) is 0 Å². The number of nitrogens with zero attached hydrogens (tertiary/aromatic N) is 3. The highest BCUT2D eigenvalue weighted by Gasteiger charge is 2.40. The van der Waals surface area contributed by atoms with Crippen LogP contribution in [0.5, 0.6) is 0 Å². The molecule has 2 aliphatic heterocycles. The molecule has 1 aromatic heterocycles. The molecule has 0 saturated carbocycles. The van der Waals surface area contributed by atoms with Gasteiger partial charge in [-0.2, -0.15) is 0 Å². The fraction of sp³-hybridized carbons (Fsp3) is 0.667. The van der Waals surface area contributed by atoms with E-state index >= 15 is 0 Å². The Bertz CT molecular complexity index is 409. The van der Waals surface area contributed by atoms with Gasteiger partial charge < -0.3 is 9.84 Å². The van der Waals surface area contributed by atoms with Gasteiger partial charge in [-0.15, -0.1) is 0 Å². The molecule has 0 amide bonds. The highest BCUT2D eigenvalue weighted by atomic mass is 16.5. The number of pyridine rings is 1. The van der Waals surface area contributed by atoms with Crippen LogP contribution in [0.2, 0.25) is 0 Å². The van der Waals surface area contributed by atoms with E-state index in [1.807, 2.05) is 18.3 Å². The van der Waals surface area contributed by atoms with E-state index in [1.165, 1.54) is 0 Å². The quantitative estimate of drug-likeness (QED) is 0.834. The first kappa shape index (κ1) is 13.9. The molecule has 0 aliphatic carbocycles. The first-order valence-electron chi connectivity index (χ1n) is 7.33. The van der Waals surface area contributed by atoms with Gasteiger partial charge in [0.2, 0.25) is 0 Å². The fourth-order valence-electron chi connectivity index (χ4n) is 2.92. The lowest BCUT2D eigenvalue weighted by Gasteiger charge is -2.45. The van der Waals surface area contributed by atoms with Crippen LogP contribution in [0.3, 0.4) is 0 Å². The summed E-state index contributed by atoms with van der Waals surface area (Å²) in [6.45, 7) is 7.81. The second kappa shape index (κ2) is 6.18. The summed E-state index contributed by atoms with van der Waals surface area (Å²) in [5.74, 6) is 0. The predicted molar refractivity (Wildman–Crippen MR) is 76.3 cm³/mol. The van der Waals surface area contributed by atoms with Crippen molar-refractivity contribution in [2.24, 2.45) is 5.41 Å². The molecule has 20 heavy (non-hydrogen) atoms. The second-order valence-corrected chi connectivity index (χ2v) is 6.02. The maximum atomic E-state index is 9.49. The minimum absolute atomic E-state index is 0.00313. The zero-order valence-electron chi connectivity index (χ0n) is 11.9. The smallest absolute Gasteiger partial charge is 0.0579 e. The van der Waals surface area contributed by atoms with E-state index in [9.17, 15) is 5.11 Å². The van der Waals surface area contributed by atoms with Crippen LogP contribution < -0.4 is 0 Å². The summed E-state index contributed by atoms with van der Waals surface area (Å²) < 4.78 is 5.27. The third-order valence-electron chi connectivity index (χ3n) is 4.29. The third kappa shape index (κ3) is 3.17. The summed E-state index contributed by atoms with van der Waals surface area (Å²) in [7, 11) is 0. The van der Waals surface area contributed by atoms with E-state index in [4.69, 9.17) is 4.74 Å². The molecule has 0 radical (unpaired) electrons. The van der Waals surface area contributed by atoms with Crippen LogP contribution in [0.15, 0.2) is 24.4 Å². The number of hydrogen-bond acceptors (Lipinski definition) is 5. The van der Waals surface area contributed by atoms with E-state index < -0.39 is 0 Å². The summed E-state index contributed by atoms with van der Waals surface area (Å²) in [4.78, 5) is 9.28. The SMILES string of the molecule is OCC1(CN2CCN(Cc3ccccn3)CC2)COC1. The molecule has 0 spiro atoms. The summed E-state index contributed by atoms with van der Waals surface area (Å²) in [5, 5.41) is 9.49. The maximum absolute atomic E-state index is 9.49. The number of aromatic nitrogens is 1. The summed E-state index contributed by atoms with van der Waals surface area (Å²) in [6.07, 6.45) is 1.85. The first-order valence-corrected chi connectivity index (χ1v) is 7.33. The molecule has 5 nitrogen and oxygen atoms in total. The van der Waals surface area contributed by atoms with Crippen molar-refractivity contribution in [3.63, 3.8) is 0 Å². The van der Waals surface area contributed by atoms with Gasteiger partial charge in [0.15, 0.2) is 0 Å². The highest BCUT2D eigenvalue weighted by Crippen LogP contribution is 2.28. The molecule has 0 unspecified atom stereocenters. The van der Waals surface area contributed by atoms with Crippen molar-refractivity contribution in [3.05, 3.63) is 30.1 Å². The van der Waals surface area contributed by atoms with E-state index in [0.29, 0.717) is 13.2 Å². The van der Waals surface area contributed by atoms with Gasteiger partial charge in [0.05, 0.1) is 30.9 Å². The highest BCUT2D eigenvalue weighted by molar-refractivity contribution is 5.03. The normalized spacial score (nSPS) is 23.4. The van der Waals surface area contributed by atoms with Crippen molar-refractivity contribution >= 4 is 0 Å². The van der Waals surface area contributed by atoms with Crippen LogP contribution in [0.4, 0.5) is 0 Å². The lowest BCUT2D eigenvalue weighted by atomic mass is 9.86. The standard InChI is InChI=1S/C15H23N3O2/c19-11-15(12-20-13-15)10-18-7-5-17(6-8-18)9-14-3-1-2-4-16-14/h1-4,19H,5-13H2. The van der Waals surface area contributed by atoms with Crippen molar-refractivity contribution in [2.45, 2.75) is 6.54 Å². The Kier molecular flexibility index (Phi) is 4.31. The van der Waals surface area contributed by atoms with E-state index in [2.05, 4.69) is 20.9 Å². The van der Waals surface area contributed by atoms with Crippen LogP contribution in [0.25, 0.3) is 0 Å². The van der Waals surface area contributed by atoms with Crippen molar-refractivity contribution in [3.8, 4) is 0 Å². The Morgan fingerprint density at radius 1 is 1.15 bits per heavy atom. The number of aliphatic hydroxyl groups excluding tert-OH is 1. The average Bonchev–Trinajstić information content (AvgIpc) is 2.46. The third-order valence-corrected chi connectivity index (χ3v) is 4.29. The van der Waals surface area contributed by atoms with Crippen LogP contribution in [-0.4, -0.2) is 72.4 Å². The zero-order chi connectivity index (χ0) is 13.8. The number of piperazine rings is 1. The molecule has 1 aromatic rings. The number of aliphatic hydroxyl groups is 1. The fourth-order valence-corrected chi connectivity index (χ4v) is 2.92. The van der Waals surface area contributed by atoms with Crippen molar-refractivity contribution in [2.75, 3.05) is 52.5 Å². The van der Waals surface area contributed by atoms with Gasteiger partial charge in [-0.25, -0.2) is 0 Å². The molecule has 1 N–H and O–H groups in total. The number of rotatable bonds is 5. The Morgan fingerprint density at radius 2 is 1.90 bits per heavy atom. The predicted octanol–water partition coefficient (Wildman–Crippen LogP) is 0.208. The number of ether oxygens (including phenoxy) is 1. The average molecular weight is 277 g/mol. The maximum Gasteiger partial charge on any atom is 0.0579 e. The van der Waals surface area contributed by atoms with Crippen LogP contribution in [0, 0.1) is 5.41 Å². The molecule has 5 heteroatoms. The van der Waals surface area contributed by atoms with Gasteiger partial charge in [-0.05, 0) is 12.1 Å². The zero-order valence-corrected chi connectivity index (χ0v) is 11.9. The van der Waals surface area contributed by atoms with Gasteiger partial charge in [-0.1, -0.05) is 6.07 Å². The van der Waals surface area contributed by atoms with Crippen molar-refractivity contribution in [1.29, 1.82) is 0 Å². The molecule has 0 atom stereocenters. The Hall–Kier alpha value is -1.01. The van der Waals surface area contributed by atoms with Crippen molar-refractivity contribution < 1.29 is 9.84 Å². The largest absolute Gasteiger partial charge is 0.396 e. The molecule has 3 heterocycles. The minimum Gasteiger partial charge on any atom is -0.396 e. The Balaban J connectivity index is 1.45. The minimum atomic E-state index is 0.00313. The second-order valence-electron chi connectivity index (χ2n) is 6.02. The van der Waals surface area contributed by atoms with E-state index in [-0.39, 0.29) is 12.0 Å². The molecule has 2 aliphatic rings. The van der Waals surface area contributed by atoms with Crippen LogP contribution in [-0.2, 0) is 11.3 Å². The molecular formula is C15H23N3O2. The van der Waals surface area contributed by atoms with Gasteiger partial charge in [-0.3, -0.25) is 14.8 Å². The van der Waals surface area contributed by atoms with Crippen LogP contribution in [0.1, 0.15) is 5.69 Å². The summed E-state index contributed by atoms with van der Waals surface area (Å²) in [5.41, 5.74) is 1.14. The van der Waals surface area contributed by atoms with Gasteiger partial charge in [0.1, 0.15) is 0 Å². The molecule has 0 aromatic carbocycles. The Morgan fingerprint density at radius 3 is 2.45 bits per heavy atom. The molecule has 3 rings (SSSR count).